The van der Waals surface area contributed by atoms with Crippen LogP contribution in [0.15, 0.2) is 65.8 Å². The van der Waals surface area contributed by atoms with Crippen molar-refractivity contribution >= 4 is 23.0 Å². The number of ether oxygens (including phenoxy) is 1. The quantitative estimate of drug-likeness (QED) is 0.356. The van der Waals surface area contributed by atoms with Gasteiger partial charge in [0.05, 0.1) is 11.7 Å². The molecule has 0 aliphatic carbocycles. The van der Waals surface area contributed by atoms with Crippen molar-refractivity contribution in [1.29, 1.82) is 0 Å². The van der Waals surface area contributed by atoms with E-state index in [1.165, 1.54) is 11.1 Å². The van der Waals surface area contributed by atoms with Crippen LogP contribution in [0.1, 0.15) is 28.1 Å². The number of rotatable bonds is 6. The van der Waals surface area contributed by atoms with Crippen LogP contribution in [-0.2, 0) is 4.79 Å². The molecule has 4 rings (SSSR count). The number of aryl methyl sites for hydroxylation is 3. The second-order valence-corrected chi connectivity index (χ2v) is 7.85. The fourth-order valence-electron chi connectivity index (χ4n) is 3.65. The summed E-state index contributed by atoms with van der Waals surface area (Å²) in [5.74, 6) is 0.0546. The largest absolute Gasteiger partial charge is 0.467 e. The lowest BCUT2D eigenvalue weighted by Crippen LogP contribution is -2.24. The van der Waals surface area contributed by atoms with Gasteiger partial charge in [-0.1, -0.05) is 24.3 Å². The van der Waals surface area contributed by atoms with Gasteiger partial charge in [-0.3, -0.25) is 4.79 Å². The second kappa shape index (κ2) is 9.06. The van der Waals surface area contributed by atoms with Gasteiger partial charge in [0.15, 0.2) is 6.61 Å². The molecular weight excluding hydrogens is 400 g/mol. The summed E-state index contributed by atoms with van der Waals surface area (Å²) in [7, 11) is 0. The highest BCUT2D eigenvalue weighted by atomic mass is 16.5. The Balaban J connectivity index is 1.39. The smallest absolute Gasteiger partial charge is 0.278 e. The first-order chi connectivity index (χ1) is 15.4. The number of hydrazone groups is 1. The average molecular weight is 427 g/mol. The van der Waals surface area contributed by atoms with E-state index in [-0.39, 0.29) is 12.5 Å². The van der Waals surface area contributed by atoms with Crippen LogP contribution in [0.5, 0.6) is 5.88 Å². The number of amides is 1. The Labute approximate surface area is 187 Å². The van der Waals surface area contributed by atoms with Crippen LogP contribution < -0.4 is 10.2 Å². The number of nitrogens with zero attached hydrogens (tertiary/aromatic N) is 3. The molecule has 0 saturated carbocycles. The maximum absolute atomic E-state index is 12.1. The highest BCUT2D eigenvalue weighted by Gasteiger charge is 2.10. The van der Waals surface area contributed by atoms with Crippen molar-refractivity contribution in [2.75, 3.05) is 6.61 Å². The van der Waals surface area contributed by atoms with E-state index in [0.29, 0.717) is 5.88 Å². The molecule has 0 spiro atoms. The highest BCUT2D eigenvalue weighted by Crippen LogP contribution is 2.22. The van der Waals surface area contributed by atoms with Gasteiger partial charge in [0.1, 0.15) is 0 Å². The van der Waals surface area contributed by atoms with Gasteiger partial charge in [0, 0.05) is 34.1 Å². The number of aromatic nitrogens is 2. The Bertz CT molecular complexity index is 1320. The van der Waals surface area contributed by atoms with Crippen LogP contribution in [0.25, 0.3) is 16.6 Å². The maximum atomic E-state index is 12.1. The molecule has 32 heavy (non-hydrogen) atoms. The minimum Gasteiger partial charge on any atom is -0.467 e. The van der Waals surface area contributed by atoms with Crippen LogP contribution >= 0.6 is 0 Å². The van der Waals surface area contributed by atoms with E-state index in [0.717, 1.165) is 33.5 Å². The van der Waals surface area contributed by atoms with Crippen LogP contribution in [0.4, 0.5) is 0 Å². The molecular formula is C26H26N4O2. The molecule has 0 aliphatic heterocycles. The topological polar surface area (TPSA) is 68.5 Å². The number of fused-ring (bicyclic) bond motifs is 1. The lowest BCUT2D eigenvalue weighted by atomic mass is 10.1. The predicted molar refractivity (Wildman–Crippen MR) is 128 cm³/mol. The number of para-hydroxylation sites is 1. The van der Waals surface area contributed by atoms with E-state index < -0.39 is 0 Å². The van der Waals surface area contributed by atoms with Crippen molar-refractivity contribution in [3.05, 3.63) is 88.7 Å². The minimum atomic E-state index is -0.348. The standard InChI is InChI=1S/C26H26N4O2/c1-17-9-11-23(13-18(17)2)30-19(3)14-22(20(30)4)15-27-29-25(31)16-32-26-12-10-21-7-5-6-8-24(21)28-26/h5-15H,16H2,1-4H3,(H,29,31)/b27-15-. The number of hydrogen-bond donors (Lipinski definition) is 1. The number of benzene rings is 2. The molecule has 0 saturated heterocycles. The summed E-state index contributed by atoms with van der Waals surface area (Å²) >= 11 is 0. The number of carbonyl (C=O) groups excluding carboxylic acids is 1. The SMILES string of the molecule is Cc1ccc(-n2c(C)cc(/C=N\NC(=O)COc3ccc4ccccc4n3)c2C)cc1C. The van der Waals surface area contributed by atoms with E-state index in [1.807, 2.05) is 37.3 Å². The molecule has 0 bridgehead atoms. The molecule has 0 radical (unpaired) electrons. The number of nitrogens with one attached hydrogen (secondary N) is 1. The van der Waals surface area contributed by atoms with Crippen molar-refractivity contribution in [3.8, 4) is 11.6 Å². The van der Waals surface area contributed by atoms with E-state index >= 15 is 0 Å². The first kappa shape index (κ1) is 21.3. The summed E-state index contributed by atoms with van der Waals surface area (Å²) < 4.78 is 7.69. The summed E-state index contributed by atoms with van der Waals surface area (Å²) in [6.07, 6.45) is 1.66. The van der Waals surface area contributed by atoms with Crippen LogP contribution in [0.3, 0.4) is 0 Å². The molecule has 6 nitrogen and oxygen atoms in total. The van der Waals surface area contributed by atoms with Crippen molar-refractivity contribution in [2.24, 2.45) is 5.10 Å². The summed E-state index contributed by atoms with van der Waals surface area (Å²) in [5.41, 5.74) is 10.1. The van der Waals surface area contributed by atoms with E-state index in [2.05, 4.69) is 65.1 Å². The van der Waals surface area contributed by atoms with Gasteiger partial charge in [-0.25, -0.2) is 10.4 Å². The van der Waals surface area contributed by atoms with Crippen molar-refractivity contribution < 1.29 is 9.53 Å². The fourth-order valence-corrected chi connectivity index (χ4v) is 3.65. The summed E-state index contributed by atoms with van der Waals surface area (Å²) in [4.78, 5) is 16.5. The summed E-state index contributed by atoms with van der Waals surface area (Å²) in [5, 5.41) is 5.13. The molecule has 1 amide bonds. The molecule has 0 unspecified atom stereocenters. The lowest BCUT2D eigenvalue weighted by molar-refractivity contribution is -0.123. The molecule has 6 heteroatoms. The second-order valence-electron chi connectivity index (χ2n) is 7.85. The first-order valence-corrected chi connectivity index (χ1v) is 10.5. The van der Waals surface area contributed by atoms with Crippen molar-refractivity contribution in [3.63, 3.8) is 0 Å². The van der Waals surface area contributed by atoms with Crippen molar-refractivity contribution in [1.82, 2.24) is 15.0 Å². The van der Waals surface area contributed by atoms with Crippen LogP contribution in [0, 0.1) is 27.7 Å². The van der Waals surface area contributed by atoms with Crippen molar-refractivity contribution in [2.45, 2.75) is 27.7 Å². The van der Waals surface area contributed by atoms with Gasteiger partial charge < -0.3 is 9.30 Å². The van der Waals surface area contributed by atoms with Gasteiger partial charge in [-0.15, -0.1) is 0 Å². The predicted octanol–water partition coefficient (Wildman–Crippen LogP) is 4.79. The third kappa shape index (κ3) is 4.54. The van der Waals surface area contributed by atoms with Crippen LogP contribution in [0.2, 0.25) is 0 Å². The molecule has 0 aliphatic rings. The Hall–Kier alpha value is -3.93. The zero-order chi connectivity index (χ0) is 22.7. The van der Waals surface area contributed by atoms with Gasteiger partial charge in [0.25, 0.3) is 5.91 Å². The Morgan fingerprint density at radius 2 is 1.84 bits per heavy atom. The lowest BCUT2D eigenvalue weighted by Gasteiger charge is -2.11. The van der Waals surface area contributed by atoms with E-state index in [1.54, 1.807) is 12.3 Å². The Morgan fingerprint density at radius 1 is 1.03 bits per heavy atom. The molecule has 0 fully saturated rings. The van der Waals surface area contributed by atoms with Gasteiger partial charge >= 0.3 is 0 Å². The number of carbonyl (C=O) groups is 1. The van der Waals surface area contributed by atoms with Gasteiger partial charge in [-0.2, -0.15) is 5.10 Å². The van der Waals surface area contributed by atoms with E-state index in [4.69, 9.17) is 4.74 Å². The monoisotopic (exact) mass is 426 g/mol. The van der Waals surface area contributed by atoms with Gasteiger partial charge in [0.2, 0.25) is 5.88 Å². The molecule has 1 N–H and O–H groups in total. The Kier molecular flexibility index (Phi) is 6.03. The van der Waals surface area contributed by atoms with Gasteiger partial charge in [-0.05, 0) is 69.2 Å². The Morgan fingerprint density at radius 3 is 2.66 bits per heavy atom. The molecule has 0 atom stereocenters. The number of pyridine rings is 1. The maximum Gasteiger partial charge on any atom is 0.278 e. The van der Waals surface area contributed by atoms with E-state index in [9.17, 15) is 4.79 Å². The van der Waals surface area contributed by atoms with Crippen LogP contribution in [-0.4, -0.2) is 28.3 Å². The third-order valence-corrected chi connectivity index (χ3v) is 5.54. The molecule has 2 heterocycles. The normalized spacial score (nSPS) is 11.2. The number of hydrogen-bond acceptors (Lipinski definition) is 4. The average Bonchev–Trinajstić information content (AvgIpc) is 3.07. The third-order valence-electron chi connectivity index (χ3n) is 5.54. The molecule has 162 valence electrons. The minimum absolute atomic E-state index is 0.162. The molecule has 4 aromatic rings. The highest BCUT2D eigenvalue weighted by molar-refractivity contribution is 5.84. The fraction of sp³-hybridized carbons (Fsp3) is 0.192. The molecule has 2 aromatic heterocycles. The summed E-state index contributed by atoms with van der Waals surface area (Å²) in [6, 6.07) is 19.9. The zero-order valence-electron chi connectivity index (χ0n) is 18.7. The molecule has 2 aromatic carbocycles. The first-order valence-electron chi connectivity index (χ1n) is 10.5. The summed E-state index contributed by atoms with van der Waals surface area (Å²) in [6.45, 7) is 8.15. The zero-order valence-corrected chi connectivity index (χ0v) is 18.7.